The van der Waals surface area contributed by atoms with E-state index in [1.807, 2.05) is 48.5 Å². The molecule has 0 saturated heterocycles. The van der Waals surface area contributed by atoms with Gasteiger partial charge in [0.2, 0.25) is 0 Å². The van der Waals surface area contributed by atoms with E-state index >= 15 is 0 Å². The van der Waals surface area contributed by atoms with Crippen LogP contribution in [0.5, 0.6) is 11.5 Å². The first kappa shape index (κ1) is 16.3. The molecule has 2 N–H and O–H groups in total. The van der Waals surface area contributed by atoms with Crippen molar-refractivity contribution < 1.29 is 19.7 Å². The molecule has 0 heterocycles. The van der Waals surface area contributed by atoms with E-state index in [-0.39, 0.29) is 13.2 Å². The topological polar surface area (TPSA) is 58.9 Å². The van der Waals surface area contributed by atoms with Crippen LogP contribution in [0.2, 0.25) is 0 Å². The first-order chi connectivity index (χ1) is 10.8. The molecule has 22 heavy (non-hydrogen) atoms. The largest absolute Gasteiger partial charge is 0.493 e. The Morgan fingerprint density at radius 1 is 0.682 bits per heavy atom. The van der Waals surface area contributed by atoms with Gasteiger partial charge in [0.25, 0.3) is 0 Å². The van der Waals surface area contributed by atoms with Crippen molar-refractivity contribution in [2.75, 3.05) is 26.4 Å². The zero-order chi connectivity index (χ0) is 15.6. The first-order valence-corrected chi connectivity index (χ1v) is 7.51. The van der Waals surface area contributed by atoms with E-state index in [4.69, 9.17) is 19.7 Å². The molecule has 0 bridgehead atoms. The summed E-state index contributed by atoms with van der Waals surface area (Å²) in [6.07, 6.45) is 1.19. The summed E-state index contributed by atoms with van der Waals surface area (Å²) < 4.78 is 11.3. The second-order valence-corrected chi connectivity index (χ2v) is 4.91. The van der Waals surface area contributed by atoms with Crippen LogP contribution in [-0.2, 0) is 0 Å². The van der Waals surface area contributed by atoms with E-state index in [1.165, 1.54) is 0 Å². The molecule has 0 aliphatic rings. The molecule has 118 valence electrons. The lowest BCUT2D eigenvalue weighted by Gasteiger charge is -2.12. The number of aliphatic hydroxyl groups is 2. The Morgan fingerprint density at radius 2 is 1.23 bits per heavy atom. The minimum atomic E-state index is 0.109. The Morgan fingerprint density at radius 3 is 1.73 bits per heavy atom. The predicted molar refractivity (Wildman–Crippen MR) is 86.3 cm³/mol. The molecular formula is C18H22O4. The summed E-state index contributed by atoms with van der Waals surface area (Å²) in [5, 5.41) is 17.7. The van der Waals surface area contributed by atoms with Gasteiger partial charge in [-0.1, -0.05) is 30.3 Å². The monoisotopic (exact) mass is 302 g/mol. The summed E-state index contributed by atoms with van der Waals surface area (Å²) in [5.74, 6) is 1.43. The molecule has 0 amide bonds. The Balaban J connectivity index is 2.19. The van der Waals surface area contributed by atoms with Crippen LogP contribution in [0.4, 0.5) is 0 Å². The van der Waals surface area contributed by atoms with Crippen molar-refractivity contribution in [2.24, 2.45) is 0 Å². The van der Waals surface area contributed by atoms with Crippen LogP contribution >= 0.6 is 0 Å². The Labute approximate surface area is 130 Å². The van der Waals surface area contributed by atoms with Gasteiger partial charge in [0, 0.05) is 32.1 Å². The first-order valence-electron chi connectivity index (χ1n) is 7.51. The number of hydrogen-bond donors (Lipinski definition) is 2. The van der Waals surface area contributed by atoms with Gasteiger partial charge in [0.1, 0.15) is 11.5 Å². The highest BCUT2D eigenvalue weighted by Gasteiger charge is 2.05. The third-order valence-electron chi connectivity index (χ3n) is 3.13. The Kier molecular flexibility index (Phi) is 6.74. The normalized spacial score (nSPS) is 10.5. The van der Waals surface area contributed by atoms with Gasteiger partial charge in [-0.05, 0) is 23.3 Å². The third kappa shape index (κ3) is 5.06. The van der Waals surface area contributed by atoms with Crippen LogP contribution < -0.4 is 9.47 Å². The lowest BCUT2D eigenvalue weighted by atomic mass is 10.1. The van der Waals surface area contributed by atoms with Crippen molar-refractivity contribution >= 4 is 0 Å². The molecule has 2 aromatic carbocycles. The van der Waals surface area contributed by atoms with Crippen molar-refractivity contribution in [2.45, 2.75) is 12.8 Å². The molecule has 0 saturated carbocycles. The van der Waals surface area contributed by atoms with E-state index in [0.717, 1.165) is 11.1 Å². The smallest absolute Gasteiger partial charge is 0.123 e. The van der Waals surface area contributed by atoms with Gasteiger partial charge in [-0.25, -0.2) is 0 Å². The third-order valence-corrected chi connectivity index (χ3v) is 3.13. The van der Waals surface area contributed by atoms with Crippen molar-refractivity contribution in [3.8, 4) is 22.6 Å². The predicted octanol–water partition coefficient (Wildman–Crippen LogP) is 2.88. The summed E-state index contributed by atoms with van der Waals surface area (Å²) in [6.45, 7) is 1.14. The van der Waals surface area contributed by atoms with Crippen molar-refractivity contribution in [1.29, 1.82) is 0 Å². The van der Waals surface area contributed by atoms with Crippen molar-refractivity contribution in [3.05, 3.63) is 48.5 Å². The standard InChI is InChI=1S/C18H22O4/c19-8-4-10-21-17-12-16(15-6-2-1-3-7-15)13-18(14-17)22-11-5-9-20/h1-3,6-7,12-14,19-20H,4-5,8-11H2. The zero-order valence-corrected chi connectivity index (χ0v) is 12.6. The summed E-state index contributed by atoms with van der Waals surface area (Å²) >= 11 is 0. The maximum Gasteiger partial charge on any atom is 0.123 e. The van der Waals surface area contributed by atoms with Crippen molar-refractivity contribution in [1.82, 2.24) is 0 Å². The highest BCUT2D eigenvalue weighted by atomic mass is 16.5. The van der Waals surface area contributed by atoms with Gasteiger partial charge < -0.3 is 19.7 Å². The summed E-state index contributed by atoms with van der Waals surface area (Å²) in [4.78, 5) is 0. The van der Waals surface area contributed by atoms with Gasteiger partial charge in [0.05, 0.1) is 13.2 Å². The SMILES string of the molecule is OCCCOc1cc(OCCCO)cc(-c2ccccc2)c1. The van der Waals surface area contributed by atoms with Gasteiger partial charge >= 0.3 is 0 Å². The fraction of sp³-hybridized carbons (Fsp3) is 0.333. The molecule has 0 aromatic heterocycles. The fourth-order valence-corrected chi connectivity index (χ4v) is 2.04. The molecule has 0 atom stereocenters. The number of ether oxygens (including phenoxy) is 2. The molecule has 2 rings (SSSR count). The van der Waals surface area contributed by atoms with E-state index in [2.05, 4.69) is 0 Å². The van der Waals surface area contributed by atoms with Gasteiger partial charge in [0.15, 0.2) is 0 Å². The molecule has 0 aliphatic heterocycles. The molecule has 0 radical (unpaired) electrons. The maximum atomic E-state index is 8.85. The molecule has 4 heteroatoms. The lowest BCUT2D eigenvalue weighted by Crippen LogP contribution is -2.02. The van der Waals surface area contributed by atoms with Crippen LogP contribution in [0.15, 0.2) is 48.5 Å². The molecule has 4 nitrogen and oxygen atoms in total. The van der Waals surface area contributed by atoms with Gasteiger partial charge in [-0.2, -0.15) is 0 Å². The second-order valence-electron chi connectivity index (χ2n) is 4.91. The van der Waals surface area contributed by atoms with Crippen LogP contribution in [0, 0.1) is 0 Å². The number of benzene rings is 2. The maximum absolute atomic E-state index is 8.85. The van der Waals surface area contributed by atoms with E-state index in [9.17, 15) is 0 Å². The number of rotatable bonds is 9. The lowest BCUT2D eigenvalue weighted by molar-refractivity contribution is 0.228. The number of aliphatic hydroxyl groups excluding tert-OH is 2. The quantitative estimate of drug-likeness (QED) is 0.699. The van der Waals surface area contributed by atoms with E-state index in [0.29, 0.717) is 37.6 Å². The molecule has 0 spiro atoms. The molecule has 0 fully saturated rings. The molecule has 0 aliphatic carbocycles. The average Bonchev–Trinajstić information content (AvgIpc) is 2.56. The summed E-state index contributed by atoms with van der Waals surface area (Å²) in [5.41, 5.74) is 2.10. The van der Waals surface area contributed by atoms with E-state index < -0.39 is 0 Å². The summed E-state index contributed by atoms with van der Waals surface area (Å²) in [6, 6.07) is 15.8. The van der Waals surface area contributed by atoms with Crippen LogP contribution in [0.25, 0.3) is 11.1 Å². The zero-order valence-electron chi connectivity index (χ0n) is 12.6. The minimum absolute atomic E-state index is 0.109. The van der Waals surface area contributed by atoms with Crippen molar-refractivity contribution in [3.63, 3.8) is 0 Å². The van der Waals surface area contributed by atoms with Crippen LogP contribution in [0.3, 0.4) is 0 Å². The second kappa shape index (κ2) is 9.07. The Bertz CT molecular complexity index is 526. The summed E-state index contributed by atoms with van der Waals surface area (Å²) in [7, 11) is 0. The van der Waals surface area contributed by atoms with Gasteiger partial charge in [-0.15, -0.1) is 0 Å². The van der Waals surface area contributed by atoms with Gasteiger partial charge in [-0.3, -0.25) is 0 Å². The van der Waals surface area contributed by atoms with E-state index in [1.54, 1.807) is 0 Å². The van der Waals surface area contributed by atoms with Crippen LogP contribution in [0.1, 0.15) is 12.8 Å². The highest BCUT2D eigenvalue weighted by Crippen LogP contribution is 2.30. The molecule has 0 unspecified atom stereocenters. The number of hydrogen-bond acceptors (Lipinski definition) is 4. The highest BCUT2D eigenvalue weighted by molar-refractivity contribution is 5.67. The molecule has 2 aromatic rings. The molecular weight excluding hydrogens is 280 g/mol. The minimum Gasteiger partial charge on any atom is -0.493 e. The fourth-order valence-electron chi connectivity index (χ4n) is 2.04. The Hall–Kier alpha value is -2.04. The average molecular weight is 302 g/mol. The van der Waals surface area contributed by atoms with Crippen LogP contribution in [-0.4, -0.2) is 36.6 Å².